The number of para-hydroxylation sites is 1. The summed E-state index contributed by atoms with van der Waals surface area (Å²) < 4.78 is 0. The highest BCUT2D eigenvalue weighted by Crippen LogP contribution is 2.37. The highest BCUT2D eigenvalue weighted by Gasteiger charge is 2.23. The molecule has 4 rings (SSSR count). The first-order chi connectivity index (χ1) is 10.3. The number of fused-ring (bicyclic) bond motifs is 2. The van der Waals surface area contributed by atoms with Gasteiger partial charge in [0.2, 0.25) is 0 Å². The molecule has 0 spiro atoms. The number of hydrogen-bond acceptors (Lipinski definition) is 2. The van der Waals surface area contributed by atoms with Gasteiger partial charge in [0.15, 0.2) is 0 Å². The van der Waals surface area contributed by atoms with Crippen molar-refractivity contribution in [3.8, 4) is 0 Å². The van der Waals surface area contributed by atoms with E-state index in [4.69, 9.17) is 0 Å². The van der Waals surface area contributed by atoms with Crippen LogP contribution in [0.1, 0.15) is 24.5 Å². The van der Waals surface area contributed by atoms with Crippen LogP contribution in [-0.4, -0.2) is 13.1 Å². The van der Waals surface area contributed by atoms with E-state index in [1.807, 2.05) is 0 Å². The zero-order chi connectivity index (χ0) is 14.2. The van der Waals surface area contributed by atoms with Crippen molar-refractivity contribution in [1.82, 2.24) is 0 Å². The summed E-state index contributed by atoms with van der Waals surface area (Å²) in [6.07, 6.45) is 3.64. The van der Waals surface area contributed by atoms with E-state index in [0.29, 0.717) is 5.92 Å². The second-order valence-electron chi connectivity index (χ2n) is 6.42. The van der Waals surface area contributed by atoms with Crippen LogP contribution in [0.3, 0.4) is 0 Å². The van der Waals surface area contributed by atoms with Gasteiger partial charge in [-0.25, -0.2) is 0 Å². The maximum atomic E-state index is 3.55. The van der Waals surface area contributed by atoms with Gasteiger partial charge >= 0.3 is 0 Å². The lowest BCUT2D eigenvalue weighted by molar-refractivity contribution is 0.562. The Morgan fingerprint density at radius 1 is 1.10 bits per heavy atom. The van der Waals surface area contributed by atoms with Crippen molar-refractivity contribution < 1.29 is 0 Å². The fraction of sp³-hybridized carbons (Fsp3) is 0.368. The second kappa shape index (κ2) is 5.10. The van der Waals surface area contributed by atoms with Gasteiger partial charge in [-0.2, -0.15) is 0 Å². The van der Waals surface area contributed by atoms with Gasteiger partial charge in [0.1, 0.15) is 0 Å². The molecule has 2 aliphatic rings. The van der Waals surface area contributed by atoms with E-state index in [2.05, 4.69) is 59.6 Å². The van der Waals surface area contributed by atoms with E-state index >= 15 is 0 Å². The third kappa shape index (κ3) is 2.29. The van der Waals surface area contributed by atoms with Crippen LogP contribution >= 0.6 is 0 Å². The maximum Gasteiger partial charge on any atom is 0.0443 e. The molecule has 0 aliphatic carbocycles. The Balaban J connectivity index is 1.76. The predicted molar refractivity (Wildman–Crippen MR) is 89.6 cm³/mol. The molecule has 2 aliphatic heterocycles. The van der Waals surface area contributed by atoms with Gasteiger partial charge in [-0.1, -0.05) is 31.2 Å². The molecule has 2 aromatic rings. The quantitative estimate of drug-likeness (QED) is 0.833. The number of benzene rings is 2. The standard InChI is InChI=1S/C19H22N2/c1-14-11-16-5-2-3-7-19(16)21(13-14)17-9-8-15-6-4-10-20-18(15)12-17/h2-3,5,7-9,12,14,20H,4,6,10-11,13H2,1H3. The average Bonchev–Trinajstić information content (AvgIpc) is 2.53. The molecular weight excluding hydrogens is 256 g/mol. The Kier molecular flexibility index (Phi) is 3.10. The summed E-state index contributed by atoms with van der Waals surface area (Å²) in [7, 11) is 0. The topological polar surface area (TPSA) is 15.3 Å². The SMILES string of the molecule is CC1Cc2ccccc2N(c2ccc3c(c2)NCCC3)C1. The van der Waals surface area contributed by atoms with Gasteiger partial charge in [0.25, 0.3) is 0 Å². The molecule has 1 N–H and O–H groups in total. The van der Waals surface area contributed by atoms with Crippen LogP contribution < -0.4 is 10.2 Å². The van der Waals surface area contributed by atoms with Crippen molar-refractivity contribution in [2.45, 2.75) is 26.2 Å². The first kappa shape index (κ1) is 12.8. The minimum atomic E-state index is 0.698. The fourth-order valence-electron chi connectivity index (χ4n) is 3.66. The highest BCUT2D eigenvalue weighted by atomic mass is 15.1. The zero-order valence-corrected chi connectivity index (χ0v) is 12.6. The van der Waals surface area contributed by atoms with E-state index in [1.165, 1.54) is 47.5 Å². The van der Waals surface area contributed by atoms with Crippen molar-refractivity contribution >= 4 is 17.1 Å². The molecule has 2 nitrogen and oxygen atoms in total. The minimum absolute atomic E-state index is 0.698. The van der Waals surface area contributed by atoms with Gasteiger partial charge in [-0.3, -0.25) is 0 Å². The normalized spacial score (nSPS) is 20.4. The monoisotopic (exact) mass is 278 g/mol. The molecular formula is C19H22N2. The Labute approximate surface area is 126 Å². The predicted octanol–water partition coefficient (Wildman–Crippen LogP) is 4.38. The van der Waals surface area contributed by atoms with Crippen molar-refractivity contribution in [3.63, 3.8) is 0 Å². The van der Waals surface area contributed by atoms with Crippen LogP contribution in [0, 0.1) is 5.92 Å². The smallest absolute Gasteiger partial charge is 0.0443 e. The summed E-state index contributed by atoms with van der Waals surface area (Å²) in [5.74, 6) is 0.698. The molecule has 0 bridgehead atoms. The van der Waals surface area contributed by atoms with Crippen LogP contribution in [0.25, 0.3) is 0 Å². The average molecular weight is 278 g/mol. The van der Waals surface area contributed by atoms with Crippen LogP contribution in [0.2, 0.25) is 0 Å². The third-order valence-corrected chi connectivity index (χ3v) is 4.69. The van der Waals surface area contributed by atoms with Crippen LogP contribution in [0.4, 0.5) is 17.1 Å². The van der Waals surface area contributed by atoms with Gasteiger partial charge in [0, 0.05) is 30.2 Å². The first-order valence-corrected chi connectivity index (χ1v) is 8.03. The number of rotatable bonds is 1. The zero-order valence-electron chi connectivity index (χ0n) is 12.6. The molecule has 0 fully saturated rings. The van der Waals surface area contributed by atoms with Crippen molar-refractivity contribution in [2.24, 2.45) is 5.92 Å². The molecule has 0 saturated carbocycles. The maximum absolute atomic E-state index is 3.55. The van der Waals surface area contributed by atoms with Gasteiger partial charge in [-0.15, -0.1) is 0 Å². The molecule has 0 radical (unpaired) electrons. The van der Waals surface area contributed by atoms with E-state index < -0.39 is 0 Å². The molecule has 21 heavy (non-hydrogen) atoms. The molecule has 2 heteroatoms. The summed E-state index contributed by atoms with van der Waals surface area (Å²) >= 11 is 0. The molecule has 1 unspecified atom stereocenters. The van der Waals surface area contributed by atoms with Crippen molar-refractivity contribution in [1.29, 1.82) is 0 Å². The van der Waals surface area contributed by atoms with Gasteiger partial charge in [0.05, 0.1) is 0 Å². The Bertz CT molecular complexity index is 662. The third-order valence-electron chi connectivity index (χ3n) is 4.69. The van der Waals surface area contributed by atoms with Gasteiger partial charge in [-0.05, 0) is 54.5 Å². The number of aryl methyl sites for hydroxylation is 1. The van der Waals surface area contributed by atoms with E-state index in [9.17, 15) is 0 Å². The van der Waals surface area contributed by atoms with E-state index in [0.717, 1.165) is 13.1 Å². The highest BCUT2D eigenvalue weighted by molar-refractivity contribution is 5.72. The van der Waals surface area contributed by atoms with Gasteiger partial charge < -0.3 is 10.2 Å². The van der Waals surface area contributed by atoms with Crippen LogP contribution in [0.5, 0.6) is 0 Å². The minimum Gasteiger partial charge on any atom is -0.385 e. The Morgan fingerprint density at radius 2 is 2.00 bits per heavy atom. The number of nitrogens with zero attached hydrogens (tertiary/aromatic N) is 1. The lowest BCUT2D eigenvalue weighted by atomic mass is 9.93. The lowest BCUT2D eigenvalue weighted by Gasteiger charge is -2.35. The van der Waals surface area contributed by atoms with E-state index in [1.54, 1.807) is 0 Å². The molecule has 2 aromatic carbocycles. The first-order valence-electron chi connectivity index (χ1n) is 8.03. The largest absolute Gasteiger partial charge is 0.385 e. The van der Waals surface area contributed by atoms with E-state index in [-0.39, 0.29) is 0 Å². The Morgan fingerprint density at radius 3 is 2.95 bits per heavy atom. The molecule has 1 atom stereocenters. The van der Waals surface area contributed by atoms with Crippen LogP contribution in [-0.2, 0) is 12.8 Å². The number of nitrogens with one attached hydrogen (secondary N) is 1. The molecule has 108 valence electrons. The molecule has 0 aromatic heterocycles. The Hall–Kier alpha value is -1.96. The summed E-state index contributed by atoms with van der Waals surface area (Å²) in [5, 5.41) is 3.55. The van der Waals surface area contributed by atoms with Crippen molar-refractivity contribution in [3.05, 3.63) is 53.6 Å². The molecule has 0 saturated heterocycles. The van der Waals surface area contributed by atoms with Crippen LogP contribution in [0.15, 0.2) is 42.5 Å². The summed E-state index contributed by atoms with van der Waals surface area (Å²) in [6.45, 7) is 4.55. The second-order valence-corrected chi connectivity index (χ2v) is 6.42. The summed E-state index contributed by atoms with van der Waals surface area (Å²) in [4.78, 5) is 2.49. The molecule has 2 heterocycles. The lowest BCUT2D eigenvalue weighted by Crippen LogP contribution is -2.30. The number of anilines is 3. The number of hydrogen-bond donors (Lipinski definition) is 1. The van der Waals surface area contributed by atoms with Crippen molar-refractivity contribution in [2.75, 3.05) is 23.3 Å². The summed E-state index contributed by atoms with van der Waals surface area (Å²) in [5.41, 5.74) is 6.97. The fourth-order valence-corrected chi connectivity index (χ4v) is 3.66. The summed E-state index contributed by atoms with van der Waals surface area (Å²) in [6, 6.07) is 15.8. The molecule has 0 amide bonds.